The van der Waals surface area contributed by atoms with Gasteiger partial charge in [-0.25, -0.2) is 9.37 Å². The topological polar surface area (TPSA) is 39.5 Å². The fourth-order valence-corrected chi connectivity index (χ4v) is 4.41. The third-order valence-electron chi connectivity index (χ3n) is 5.99. The number of nitrogens with zero attached hydrogens (tertiary/aromatic N) is 3. The highest BCUT2D eigenvalue weighted by Crippen LogP contribution is 2.36. The van der Waals surface area contributed by atoms with Gasteiger partial charge in [-0.2, -0.15) is 0 Å². The van der Waals surface area contributed by atoms with Gasteiger partial charge in [-0.05, 0) is 48.4 Å². The van der Waals surface area contributed by atoms with E-state index in [0.717, 1.165) is 61.0 Å². The average molecular weight is 393 g/mol. The van der Waals surface area contributed by atoms with Gasteiger partial charge in [-0.3, -0.25) is 4.90 Å². The van der Waals surface area contributed by atoms with Crippen LogP contribution in [0, 0.1) is 5.82 Å². The minimum absolute atomic E-state index is 0.194. The molecule has 29 heavy (non-hydrogen) atoms. The quantitative estimate of drug-likeness (QED) is 0.675. The monoisotopic (exact) mass is 393 g/mol. The molecule has 0 N–H and O–H groups in total. The van der Waals surface area contributed by atoms with Gasteiger partial charge < -0.3 is 14.0 Å². The summed E-state index contributed by atoms with van der Waals surface area (Å²) in [5, 5.41) is 0. The van der Waals surface area contributed by atoms with Crippen LogP contribution >= 0.6 is 0 Å². The number of aromatic nitrogens is 2. The average Bonchev–Trinajstić information content (AvgIpc) is 3.34. The molecule has 1 saturated heterocycles. The highest BCUT2D eigenvalue weighted by atomic mass is 19.1. The summed E-state index contributed by atoms with van der Waals surface area (Å²) >= 11 is 0. The van der Waals surface area contributed by atoms with E-state index in [1.807, 2.05) is 30.5 Å². The van der Waals surface area contributed by atoms with E-state index < -0.39 is 0 Å². The molecule has 3 heterocycles. The predicted molar refractivity (Wildman–Crippen MR) is 108 cm³/mol. The van der Waals surface area contributed by atoms with Crippen LogP contribution in [0.15, 0.2) is 54.7 Å². The predicted octanol–water partition coefficient (Wildman–Crippen LogP) is 3.87. The summed E-state index contributed by atoms with van der Waals surface area (Å²) in [7, 11) is 1.68. The number of halogens is 1. The zero-order valence-corrected chi connectivity index (χ0v) is 16.5. The molecule has 1 spiro atoms. The van der Waals surface area contributed by atoms with E-state index in [9.17, 15) is 4.39 Å². The van der Waals surface area contributed by atoms with Gasteiger partial charge in [-0.1, -0.05) is 12.1 Å². The fraction of sp³-hybridized carbons (Fsp3) is 0.348. The van der Waals surface area contributed by atoms with Gasteiger partial charge in [0, 0.05) is 25.2 Å². The maximum Gasteiger partial charge on any atom is 0.135 e. The van der Waals surface area contributed by atoms with Crippen molar-refractivity contribution in [3.63, 3.8) is 0 Å². The van der Waals surface area contributed by atoms with Crippen LogP contribution in [-0.4, -0.2) is 40.3 Å². The lowest BCUT2D eigenvalue weighted by molar-refractivity contribution is -0.0821. The Balaban J connectivity index is 1.34. The molecule has 0 bridgehead atoms. The van der Waals surface area contributed by atoms with Gasteiger partial charge in [0.05, 0.1) is 25.5 Å². The van der Waals surface area contributed by atoms with E-state index in [2.05, 4.69) is 26.6 Å². The van der Waals surface area contributed by atoms with Crippen LogP contribution in [-0.2, 0) is 24.4 Å². The van der Waals surface area contributed by atoms with Gasteiger partial charge in [0.1, 0.15) is 29.6 Å². The van der Waals surface area contributed by atoms with Gasteiger partial charge in [0.25, 0.3) is 0 Å². The maximum atomic E-state index is 13.2. The van der Waals surface area contributed by atoms with Crippen LogP contribution in [0.5, 0.6) is 5.75 Å². The smallest absolute Gasteiger partial charge is 0.135 e. The number of hydrogen-bond acceptors (Lipinski definition) is 4. The van der Waals surface area contributed by atoms with Crippen LogP contribution in [0.1, 0.15) is 17.8 Å². The largest absolute Gasteiger partial charge is 0.497 e. The Labute approximate surface area is 169 Å². The molecular weight excluding hydrogens is 369 g/mol. The molecule has 1 aromatic heterocycles. The maximum absolute atomic E-state index is 13.2. The molecule has 5 rings (SSSR count). The van der Waals surface area contributed by atoms with Gasteiger partial charge >= 0.3 is 0 Å². The Hall–Kier alpha value is -2.70. The Morgan fingerprint density at radius 1 is 1.10 bits per heavy atom. The SMILES string of the molecule is COc1ccc(-c2cnc3n2CC2(CCN(Cc4ccc(F)cc4)C2)OC3)cc1. The van der Waals surface area contributed by atoms with Crippen molar-refractivity contribution in [3.8, 4) is 17.0 Å². The highest BCUT2D eigenvalue weighted by molar-refractivity contribution is 5.60. The number of rotatable bonds is 4. The first kappa shape index (κ1) is 18.3. The Morgan fingerprint density at radius 3 is 2.66 bits per heavy atom. The lowest BCUT2D eigenvalue weighted by Gasteiger charge is -2.35. The summed E-state index contributed by atoms with van der Waals surface area (Å²) in [5.41, 5.74) is 3.17. The zero-order valence-electron chi connectivity index (χ0n) is 16.5. The second-order valence-corrected chi connectivity index (χ2v) is 7.93. The normalized spacial score (nSPS) is 21.4. The first-order chi connectivity index (χ1) is 14.1. The van der Waals surface area contributed by atoms with Crippen LogP contribution in [0.25, 0.3) is 11.3 Å². The Kier molecular flexibility index (Phi) is 4.60. The Morgan fingerprint density at radius 2 is 1.90 bits per heavy atom. The van der Waals surface area contributed by atoms with Crippen LogP contribution in [0.3, 0.4) is 0 Å². The number of methoxy groups -OCH3 is 1. The second-order valence-electron chi connectivity index (χ2n) is 7.93. The molecule has 150 valence electrons. The van der Waals surface area contributed by atoms with Crippen LogP contribution < -0.4 is 4.74 Å². The number of imidazole rings is 1. The van der Waals surface area contributed by atoms with Gasteiger partial charge in [0.2, 0.25) is 0 Å². The van der Waals surface area contributed by atoms with E-state index in [4.69, 9.17) is 9.47 Å². The Bertz CT molecular complexity index is 1000. The molecule has 0 saturated carbocycles. The molecule has 1 atom stereocenters. The highest BCUT2D eigenvalue weighted by Gasteiger charge is 2.43. The van der Waals surface area contributed by atoms with Crippen LogP contribution in [0.2, 0.25) is 0 Å². The van der Waals surface area contributed by atoms with Crippen molar-refractivity contribution in [3.05, 3.63) is 71.9 Å². The number of fused-ring (bicyclic) bond motifs is 1. The first-order valence-electron chi connectivity index (χ1n) is 9.94. The number of ether oxygens (including phenoxy) is 2. The molecule has 0 radical (unpaired) electrons. The van der Waals surface area contributed by atoms with E-state index >= 15 is 0 Å². The van der Waals surface area contributed by atoms with Crippen molar-refractivity contribution in [2.75, 3.05) is 20.2 Å². The van der Waals surface area contributed by atoms with Crippen molar-refractivity contribution in [2.24, 2.45) is 0 Å². The summed E-state index contributed by atoms with van der Waals surface area (Å²) in [4.78, 5) is 6.97. The van der Waals surface area contributed by atoms with Gasteiger partial charge in [0.15, 0.2) is 0 Å². The lowest BCUT2D eigenvalue weighted by atomic mass is 10.0. The van der Waals surface area contributed by atoms with Crippen molar-refractivity contribution < 1.29 is 13.9 Å². The third kappa shape index (κ3) is 3.54. The molecule has 3 aromatic rings. The molecule has 2 aliphatic heterocycles. The molecule has 2 aliphatic rings. The van der Waals surface area contributed by atoms with Crippen molar-refractivity contribution >= 4 is 0 Å². The third-order valence-corrected chi connectivity index (χ3v) is 5.99. The standard InChI is InChI=1S/C23H24FN3O2/c1-28-20-8-4-18(5-9-20)21-12-25-22-14-29-23(16-27(21)22)10-11-26(15-23)13-17-2-6-19(24)7-3-17/h2-9,12H,10-11,13-16H2,1H3. The second kappa shape index (κ2) is 7.28. The van der Waals surface area contributed by atoms with E-state index in [-0.39, 0.29) is 11.4 Å². The first-order valence-corrected chi connectivity index (χ1v) is 9.94. The number of hydrogen-bond donors (Lipinski definition) is 0. The summed E-state index contributed by atoms with van der Waals surface area (Å²) < 4.78 is 27.1. The molecule has 5 nitrogen and oxygen atoms in total. The molecule has 2 aromatic carbocycles. The molecule has 6 heteroatoms. The summed E-state index contributed by atoms with van der Waals surface area (Å²) in [5.74, 6) is 1.62. The van der Waals surface area contributed by atoms with Crippen molar-refractivity contribution in [1.82, 2.24) is 14.5 Å². The fourth-order valence-electron chi connectivity index (χ4n) is 4.41. The summed E-state index contributed by atoms with van der Waals surface area (Å²) in [6.07, 6.45) is 2.92. The van der Waals surface area contributed by atoms with Crippen molar-refractivity contribution in [1.29, 1.82) is 0 Å². The lowest BCUT2D eigenvalue weighted by Crippen LogP contribution is -2.44. The molecule has 1 fully saturated rings. The minimum Gasteiger partial charge on any atom is -0.497 e. The van der Waals surface area contributed by atoms with E-state index in [0.29, 0.717) is 6.61 Å². The summed E-state index contributed by atoms with van der Waals surface area (Å²) in [6.45, 7) is 3.97. The number of likely N-dealkylation sites (tertiary alicyclic amines) is 1. The zero-order chi connectivity index (χ0) is 19.8. The minimum atomic E-state index is -0.199. The number of benzene rings is 2. The van der Waals surface area contributed by atoms with Gasteiger partial charge in [-0.15, -0.1) is 0 Å². The summed E-state index contributed by atoms with van der Waals surface area (Å²) in [6, 6.07) is 14.9. The molecule has 1 unspecified atom stereocenters. The molecule has 0 aliphatic carbocycles. The van der Waals surface area contributed by atoms with E-state index in [1.165, 1.54) is 12.1 Å². The van der Waals surface area contributed by atoms with Crippen molar-refractivity contribution in [2.45, 2.75) is 31.7 Å². The van der Waals surface area contributed by atoms with Crippen LogP contribution in [0.4, 0.5) is 4.39 Å². The van der Waals surface area contributed by atoms with E-state index in [1.54, 1.807) is 7.11 Å². The molecule has 0 amide bonds. The molecular formula is C23H24FN3O2.